The molecule has 23 nitrogen and oxygen atoms in total. The predicted molar refractivity (Wildman–Crippen MR) is 145 cm³/mol. The van der Waals surface area contributed by atoms with Gasteiger partial charge in [0, 0.05) is 10.8 Å². The Balaban J connectivity index is 1.22. The topological polar surface area (TPSA) is 341 Å². The molecule has 45 heavy (non-hydrogen) atoms. The van der Waals surface area contributed by atoms with E-state index in [1.807, 2.05) is 0 Å². The van der Waals surface area contributed by atoms with Crippen LogP contribution in [-0.4, -0.2) is 114 Å². The number of aromatic amines is 1. The normalized spacial score (nSPS) is 30.3. The van der Waals surface area contributed by atoms with E-state index in [9.17, 15) is 39.0 Å². The summed E-state index contributed by atoms with van der Waals surface area (Å²) in [5.74, 6) is -0.316. The first-order chi connectivity index (χ1) is 21.4. The SMILES string of the molecule is Nc1nc2c(nnn2[C@@H]2O[C@H](CO)[C@@H](O)[C@H]2OP(=O)(O)OC[C@H]2O[C@@H](n3cnc4c(N)ccnc43)[C@H](O)[C@@H]2O[P+](=O)O)c(=O)[nH]1. The Kier molecular flexibility index (Phi) is 8.36. The lowest BCUT2D eigenvalue weighted by atomic mass is 10.1. The van der Waals surface area contributed by atoms with E-state index in [-0.39, 0.29) is 34.0 Å². The Hall–Kier alpha value is -3.57. The van der Waals surface area contributed by atoms with Crippen LogP contribution in [0.25, 0.3) is 22.3 Å². The fourth-order valence-electron chi connectivity index (χ4n) is 5.02. The maximum absolute atomic E-state index is 13.1. The van der Waals surface area contributed by atoms with Gasteiger partial charge in [0.05, 0.1) is 25.2 Å². The van der Waals surface area contributed by atoms with Crippen LogP contribution in [0.3, 0.4) is 0 Å². The molecule has 6 heterocycles. The van der Waals surface area contributed by atoms with Crippen LogP contribution in [-0.2, 0) is 32.2 Å². The Morgan fingerprint density at radius 3 is 2.58 bits per heavy atom. The monoisotopic (exact) mass is 675 g/mol. The molecule has 2 aliphatic rings. The molecule has 4 aromatic rings. The number of nitrogens with two attached hydrogens (primary N) is 2. The largest absolute Gasteiger partial charge is 0.695 e. The molecule has 10 N–H and O–H groups in total. The molecule has 4 aromatic heterocycles. The number of aliphatic hydroxyl groups is 3. The molecule has 6 rings (SSSR count). The number of phosphoric ester groups is 1. The zero-order valence-electron chi connectivity index (χ0n) is 22.4. The zero-order valence-corrected chi connectivity index (χ0v) is 24.2. The summed E-state index contributed by atoms with van der Waals surface area (Å²) in [6, 6.07) is 1.50. The molecule has 0 saturated carbocycles. The number of aliphatic hydroxyl groups excluding tert-OH is 3. The number of imidazole rings is 1. The molecule has 0 amide bonds. The molecule has 2 aliphatic heterocycles. The molecule has 0 spiro atoms. The lowest BCUT2D eigenvalue weighted by molar-refractivity contribution is -0.0644. The summed E-state index contributed by atoms with van der Waals surface area (Å²) in [6.07, 6.45) is -9.74. The summed E-state index contributed by atoms with van der Waals surface area (Å²) in [6.45, 7) is -1.61. The fraction of sp³-hybridized carbons (Fsp3) is 0.500. The number of H-pyrrole nitrogens is 1. The zero-order chi connectivity index (χ0) is 32.2. The third-order valence-corrected chi connectivity index (χ3v) is 8.44. The highest BCUT2D eigenvalue weighted by atomic mass is 31.2. The maximum atomic E-state index is 13.1. The maximum Gasteiger partial charge on any atom is 0.695 e. The number of pyridine rings is 1. The lowest BCUT2D eigenvalue weighted by Crippen LogP contribution is -2.36. The van der Waals surface area contributed by atoms with Gasteiger partial charge in [-0.25, -0.2) is 14.5 Å². The number of nitrogens with one attached hydrogen (secondary N) is 1. The average molecular weight is 675 g/mol. The van der Waals surface area contributed by atoms with Gasteiger partial charge in [0.15, 0.2) is 35.4 Å². The van der Waals surface area contributed by atoms with Crippen molar-refractivity contribution in [3.05, 3.63) is 28.9 Å². The predicted octanol–water partition coefficient (Wildman–Crippen LogP) is -2.83. The van der Waals surface area contributed by atoms with E-state index in [4.69, 9.17) is 34.5 Å². The van der Waals surface area contributed by atoms with Crippen molar-refractivity contribution < 1.29 is 57.3 Å². The smallest absolute Gasteiger partial charge is 0.397 e. The number of ether oxygens (including phenoxy) is 2. The van der Waals surface area contributed by atoms with Gasteiger partial charge in [-0.15, -0.1) is 14.5 Å². The summed E-state index contributed by atoms with van der Waals surface area (Å²) in [4.78, 5) is 46.6. The van der Waals surface area contributed by atoms with Crippen molar-refractivity contribution in [2.75, 3.05) is 24.7 Å². The number of nitrogens with zero attached hydrogens (tertiary/aromatic N) is 7. The third kappa shape index (κ3) is 5.80. The van der Waals surface area contributed by atoms with Gasteiger partial charge in [0.25, 0.3) is 5.56 Å². The number of hydrogen-bond donors (Lipinski definition) is 8. The number of hydrogen-bond acceptors (Lipinski definition) is 18. The minimum Gasteiger partial charge on any atom is -0.397 e. The standard InChI is InChI=1S/C20H24N10O13P2/c21-6-1-2-23-15-9(6)24-5-29(15)18-12(33)13(42-44(35)36)8(41-18)4-39-45(37,38)43-14-11(32)7(3-31)40-19(14)30-16-10(27-28-30)17(34)26-20(22)25-16/h1-2,5,7-8,11-14,18-19,31-33H,3-4H2,(H6-,21,22,23,25,26,28,34,35,36,37,38)/p+1/t7-,8-,11-,12-,13-,14-,18-,19-/m1/s1. The third-order valence-electron chi connectivity index (χ3n) is 7.03. The van der Waals surface area contributed by atoms with Crippen LogP contribution in [0.15, 0.2) is 23.4 Å². The molecule has 10 atom stereocenters. The second-order valence-corrected chi connectivity index (χ2v) is 11.9. The van der Waals surface area contributed by atoms with Crippen molar-refractivity contribution >= 4 is 50.0 Å². The fourth-order valence-corrected chi connectivity index (χ4v) is 6.42. The van der Waals surface area contributed by atoms with E-state index in [1.54, 1.807) is 0 Å². The number of nitrogen functional groups attached to an aromatic ring is 2. The van der Waals surface area contributed by atoms with Crippen molar-refractivity contribution in [3.8, 4) is 0 Å². The van der Waals surface area contributed by atoms with Crippen LogP contribution in [0.2, 0.25) is 0 Å². The van der Waals surface area contributed by atoms with E-state index >= 15 is 0 Å². The molecule has 0 aliphatic carbocycles. The van der Waals surface area contributed by atoms with Gasteiger partial charge in [0.2, 0.25) is 5.95 Å². The Morgan fingerprint density at radius 1 is 1.09 bits per heavy atom. The van der Waals surface area contributed by atoms with E-state index < -0.39 is 83.9 Å². The van der Waals surface area contributed by atoms with Crippen LogP contribution in [0.1, 0.15) is 12.5 Å². The molecular weight excluding hydrogens is 650 g/mol. The summed E-state index contributed by atoms with van der Waals surface area (Å²) in [5.41, 5.74) is 11.0. The second kappa shape index (κ2) is 12.0. The van der Waals surface area contributed by atoms with Crippen molar-refractivity contribution in [2.24, 2.45) is 0 Å². The molecule has 242 valence electrons. The number of fused-ring (bicyclic) bond motifs is 2. The van der Waals surface area contributed by atoms with Gasteiger partial charge < -0.3 is 41.2 Å². The highest BCUT2D eigenvalue weighted by molar-refractivity contribution is 7.47. The van der Waals surface area contributed by atoms with Gasteiger partial charge in [-0.2, -0.15) is 9.67 Å². The highest BCUT2D eigenvalue weighted by Gasteiger charge is 2.53. The first-order valence-corrected chi connectivity index (χ1v) is 15.5. The molecule has 0 bridgehead atoms. The van der Waals surface area contributed by atoms with E-state index in [2.05, 4.69) is 30.2 Å². The number of rotatable bonds is 10. The van der Waals surface area contributed by atoms with Crippen molar-refractivity contribution in [1.82, 2.24) is 39.5 Å². The summed E-state index contributed by atoms with van der Waals surface area (Å²) in [7, 11) is -8.48. The molecule has 2 saturated heterocycles. The quantitative estimate of drug-likeness (QED) is 0.0785. The average Bonchev–Trinajstić information content (AvgIpc) is 3.73. The highest BCUT2D eigenvalue weighted by Crippen LogP contribution is 2.50. The number of phosphoric acid groups is 1. The molecule has 2 fully saturated rings. The van der Waals surface area contributed by atoms with Crippen LogP contribution < -0.4 is 17.0 Å². The van der Waals surface area contributed by atoms with Gasteiger partial charge in [0.1, 0.15) is 36.0 Å². The Morgan fingerprint density at radius 2 is 1.84 bits per heavy atom. The van der Waals surface area contributed by atoms with Gasteiger partial charge >= 0.3 is 16.1 Å². The van der Waals surface area contributed by atoms with Crippen LogP contribution in [0.4, 0.5) is 11.6 Å². The molecular formula is C20H25N10O13P2+. The lowest BCUT2D eigenvalue weighted by Gasteiger charge is -2.24. The van der Waals surface area contributed by atoms with Gasteiger partial charge in [-0.05, 0) is 6.07 Å². The van der Waals surface area contributed by atoms with E-state index in [0.717, 1.165) is 4.68 Å². The van der Waals surface area contributed by atoms with Crippen molar-refractivity contribution in [3.63, 3.8) is 0 Å². The number of anilines is 2. The second-order valence-electron chi connectivity index (χ2n) is 9.82. The minimum absolute atomic E-state index is 0.197. The summed E-state index contributed by atoms with van der Waals surface area (Å²) >= 11 is 0. The molecule has 2 unspecified atom stereocenters. The van der Waals surface area contributed by atoms with E-state index in [1.165, 1.54) is 23.2 Å². The first-order valence-electron chi connectivity index (χ1n) is 12.8. The Labute approximate surface area is 249 Å². The van der Waals surface area contributed by atoms with Gasteiger partial charge in [-0.1, -0.05) is 5.21 Å². The van der Waals surface area contributed by atoms with Crippen LogP contribution in [0, 0.1) is 0 Å². The Bertz CT molecular complexity index is 1850. The van der Waals surface area contributed by atoms with Crippen LogP contribution in [0.5, 0.6) is 0 Å². The summed E-state index contributed by atoms with van der Waals surface area (Å²) in [5, 5.41) is 38.8. The van der Waals surface area contributed by atoms with Gasteiger partial charge in [-0.3, -0.25) is 23.4 Å². The van der Waals surface area contributed by atoms with Crippen molar-refractivity contribution in [2.45, 2.75) is 49.1 Å². The minimum atomic E-state index is -5.19. The van der Waals surface area contributed by atoms with E-state index in [0.29, 0.717) is 0 Å². The molecule has 25 heteroatoms. The molecule has 0 aromatic carbocycles. The van der Waals surface area contributed by atoms with Crippen molar-refractivity contribution in [1.29, 1.82) is 0 Å². The number of aromatic nitrogens is 8. The summed E-state index contributed by atoms with van der Waals surface area (Å²) < 4.78 is 53.4. The van der Waals surface area contributed by atoms with Crippen LogP contribution >= 0.6 is 16.1 Å². The first kappa shape index (κ1) is 31.4. The molecule has 0 radical (unpaired) electrons.